The van der Waals surface area contributed by atoms with Crippen molar-refractivity contribution in [2.24, 2.45) is 0 Å². The van der Waals surface area contributed by atoms with Crippen molar-refractivity contribution in [1.82, 2.24) is 4.98 Å². The average molecular weight is 385 g/mol. The Balaban J connectivity index is 2.05. The van der Waals surface area contributed by atoms with Gasteiger partial charge in [-0.2, -0.15) is 0 Å². The van der Waals surface area contributed by atoms with Crippen LogP contribution in [0, 0.1) is 6.92 Å². The molecule has 5 nitrogen and oxygen atoms in total. The Morgan fingerprint density at radius 2 is 2.07 bits per heavy atom. The summed E-state index contributed by atoms with van der Waals surface area (Å²) in [6, 6.07) is 3.44. The first kappa shape index (κ1) is 19.3. The zero-order chi connectivity index (χ0) is 19.4. The summed E-state index contributed by atoms with van der Waals surface area (Å²) in [5, 5.41) is 3.23. The number of carbonyl (C=O) groups is 1. The fourth-order valence-corrected chi connectivity index (χ4v) is 3.67. The van der Waals surface area contributed by atoms with Crippen molar-refractivity contribution in [3.8, 4) is 17.0 Å². The number of ether oxygens (including phenoxy) is 1. The number of benzene rings is 1. The number of aromatic nitrogens is 1. The maximum absolute atomic E-state index is 13.0. The van der Waals surface area contributed by atoms with Crippen LogP contribution in [-0.4, -0.2) is 11.0 Å². The van der Waals surface area contributed by atoms with Crippen LogP contribution < -0.4 is 10.2 Å². The van der Waals surface area contributed by atoms with Crippen LogP contribution >= 0.6 is 11.3 Å². The Kier molecular flexibility index (Phi) is 6.06. The van der Waals surface area contributed by atoms with Crippen LogP contribution in [0.25, 0.3) is 22.2 Å². The van der Waals surface area contributed by atoms with Gasteiger partial charge in [-0.25, -0.2) is 4.98 Å². The summed E-state index contributed by atoms with van der Waals surface area (Å²) in [6.45, 7) is 5.43. The second kappa shape index (κ2) is 8.48. The van der Waals surface area contributed by atoms with E-state index in [1.165, 1.54) is 24.5 Å². The first-order valence-corrected chi connectivity index (χ1v) is 10.1. The molecule has 2 aromatic heterocycles. The average Bonchev–Trinajstić information content (AvgIpc) is 3.05. The molecule has 142 valence electrons. The zero-order valence-electron chi connectivity index (χ0n) is 15.8. The standard InChI is InChI=1S/C21H23NO4S/c1-4-5-6-7-8-15-9-16-20(10-19(15)26-14(3)23)25-11-17(21(16)24)18-12-27-13(2)22-18/h9-12H,4-8H2,1-3H3. The molecule has 0 aliphatic heterocycles. The molecule has 1 aromatic carbocycles. The summed E-state index contributed by atoms with van der Waals surface area (Å²) in [7, 11) is 0. The predicted octanol–water partition coefficient (Wildman–Crippen LogP) is 5.27. The van der Waals surface area contributed by atoms with Gasteiger partial charge in [0.05, 0.1) is 21.7 Å². The molecule has 0 amide bonds. The molecular formula is C21H23NO4S. The van der Waals surface area contributed by atoms with Gasteiger partial charge in [0.25, 0.3) is 0 Å². The van der Waals surface area contributed by atoms with Crippen LogP contribution in [-0.2, 0) is 11.2 Å². The van der Waals surface area contributed by atoms with Crippen molar-refractivity contribution >= 4 is 28.3 Å². The number of aryl methyl sites for hydroxylation is 2. The summed E-state index contributed by atoms with van der Waals surface area (Å²) in [5.74, 6) is 0.0768. The molecule has 3 aromatic rings. The molecule has 27 heavy (non-hydrogen) atoms. The molecule has 0 saturated heterocycles. The number of esters is 1. The number of thiazole rings is 1. The number of carbonyl (C=O) groups excluding carboxylic acids is 1. The monoisotopic (exact) mass is 385 g/mol. The molecule has 0 aliphatic carbocycles. The first-order chi connectivity index (χ1) is 13.0. The van der Waals surface area contributed by atoms with Gasteiger partial charge in [0.2, 0.25) is 5.43 Å². The second-order valence-corrected chi connectivity index (χ2v) is 7.65. The Hall–Kier alpha value is -2.47. The minimum Gasteiger partial charge on any atom is -0.463 e. The molecule has 0 fully saturated rings. The number of hydrogen-bond acceptors (Lipinski definition) is 6. The highest BCUT2D eigenvalue weighted by molar-refractivity contribution is 7.09. The van der Waals surface area contributed by atoms with Crippen molar-refractivity contribution in [2.45, 2.75) is 52.9 Å². The number of hydrogen-bond donors (Lipinski definition) is 0. The van der Waals surface area contributed by atoms with Crippen LogP contribution in [0.4, 0.5) is 0 Å². The topological polar surface area (TPSA) is 69.4 Å². The molecule has 0 spiro atoms. The smallest absolute Gasteiger partial charge is 0.308 e. The minimum absolute atomic E-state index is 0.120. The quantitative estimate of drug-likeness (QED) is 0.315. The minimum atomic E-state index is -0.388. The second-order valence-electron chi connectivity index (χ2n) is 6.59. The SMILES string of the molecule is CCCCCCc1cc2c(=O)c(-c3csc(C)n3)coc2cc1OC(C)=O. The van der Waals surface area contributed by atoms with Crippen LogP contribution in [0.3, 0.4) is 0 Å². The third-order valence-corrected chi connectivity index (χ3v) is 5.18. The van der Waals surface area contributed by atoms with Crippen molar-refractivity contribution in [2.75, 3.05) is 0 Å². The van der Waals surface area contributed by atoms with E-state index in [2.05, 4.69) is 11.9 Å². The summed E-state index contributed by atoms with van der Waals surface area (Å²) >= 11 is 1.49. The molecule has 0 radical (unpaired) electrons. The Bertz CT molecular complexity index is 1020. The maximum Gasteiger partial charge on any atom is 0.308 e. The zero-order valence-corrected chi connectivity index (χ0v) is 16.6. The van der Waals surface area contributed by atoms with Crippen LogP contribution in [0.15, 0.2) is 33.0 Å². The third kappa shape index (κ3) is 4.45. The number of fused-ring (bicyclic) bond motifs is 1. The van der Waals surface area contributed by atoms with E-state index in [4.69, 9.17) is 9.15 Å². The van der Waals surface area contributed by atoms with E-state index in [0.29, 0.717) is 28.0 Å². The van der Waals surface area contributed by atoms with E-state index >= 15 is 0 Å². The highest BCUT2D eigenvalue weighted by Gasteiger charge is 2.16. The van der Waals surface area contributed by atoms with Gasteiger partial charge < -0.3 is 9.15 Å². The number of rotatable bonds is 7. The summed E-state index contributed by atoms with van der Waals surface area (Å²) < 4.78 is 11.0. The van der Waals surface area contributed by atoms with Gasteiger partial charge in [0, 0.05) is 18.4 Å². The summed E-state index contributed by atoms with van der Waals surface area (Å²) in [5.41, 5.74) is 2.22. The fraction of sp³-hybridized carbons (Fsp3) is 0.381. The molecule has 0 atom stereocenters. The van der Waals surface area contributed by atoms with E-state index < -0.39 is 0 Å². The molecule has 0 unspecified atom stereocenters. The molecule has 3 rings (SSSR count). The van der Waals surface area contributed by atoms with Crippen molar-refractivity contribution in [3.05, 3.63) is 44.6 Å². The normalized spacial score (nSPS) is 11.1. The molecular weight excluding hydrogens is 362 g/mol. The Labute approximate surface area is 162 Å². The van der Waals surface area contributed by atoms with E-state index in [1.54, 1.807) is 12.1 Å². The molecule has 2 heterocycles. The van der Waals surface area contributed by atoms with Crippen LogP contribution in [0.5, 0.6) is 5.75 Å². The predicted molar refractivity (Wildman–Crippen MR) is 107 cm³/mol. The van der Waals surface area contributed by atoms with Gasteiger partial charge >= 0.3 is 5.97 Å². The van der Waals surface area contributed by atoms with Crippen molar-refractivity contribution in [3.63, 3.8) is 0 Å². The lowest BCUT2D eigenvalue weighted by atomic mass is 10.0. The molecule has 0 saturated carbocycles. The number of unbranched alkanes of at least 4 members (excludes halogenated alkanes) is 3. The summed E-state index contributed by atoms with van der Waals surface area (Å²) in [6.07, 6.45) is 6.56. The highest BCUT2D eigenvalue weighted by Crippen LogP contribution is 2.29. The lowest BCUT2D eigenvalue weighted by Crippen LogP contribution is -2.08. The molecule has 6 heteroatoms. The lowest BCUT2D eigenvalue weighted by Gasteiger charge is -2.11. The van der Waals surface area contributed by atoms with Gasteiger partial charge in [-0.05, 0) is 31.4 Å². The highest BCUT2D eigenvalue weighted by atomic mass is 32.1. The van der Waals surface area contributed by atoms with Gasteiger partial charge in [0.15, 0.2) is 0 Å². The van der Waals surface area contributed by atoms with Gasteiger partial charge in [0.1, 0.15) is 17.6 Å². The molecule has 0 N–H and O–H groups in total. The van der Waals surface area contributed by atoms with Gasteiger partial charge in [-0.1, -0.05) is 26.2 Å². The van der Waals surface area contributed by atoms with Crippen LogP contribution in [0.2, 0.25) is 0 Å². The maximum atomic E-state index is 13.0. The Morgan fingerprint density at radius 1 is 1.26 bits per heavy atom. The number of nitrogens with zero attached hydrogens (tertiary/aromatic N) is 1. The molecule has 0 aliphatic rings. The first-order valence-electron chi connectivity index (χ1n) is 9.19. The van der Waals surface area contributed by atoms with E-state index in [-0.39, 0.29) is 11.4 Å². The third-order valence-electron chi connectivity index (χ3n) is 4.40. The fourth-order valence-electron chi connectivity index (χ4n) is 3.05. The summed E-state index contributed by atoms with van der Waals surface area (Å²) in [4.78, 5) is 28.8. The lowest BCUT2D eigenvalue weighted by molar-refractivity contribution is -0.131. The van der Waals surface area contributed by atoms with Crippen molar-refractivity contribution < 1.29 is 13.9 Å². The van der Waals surface area contributed by atoms with Gasteiger partial charge in [-0.3, -0.25) is 9.59 Å². The van der Waals surface area contributed by atoms with E-state index in [9.17, 15) is 9.59 Å². The van der Waals surface area contributed by atoms with Gasteiger partial charge in [-0.15, -0.1) is 11.3 Å². The largest absolute Gasteiger partial charge is 0.463 e. The van der Waals surface area contributed by atoms with E-state index in [0.717, 1.165) is 42.7 Å². The van der Waals surface area contributed by atoms with Crippen molar-refractivity contribution in [1.29, 1.82) is 0 Å². The van der Waals surface area contributed by atoms with E-state index in [1.807, 2.05) is 12.3 Å². The molecule has 0 bridgehead atoms. The van der Waals surface area contributed by atoms with Crippen LogP contribution in [0.1, 0.15) is 50.1 Å². The Morgan fingerprint density at radius 3 is 2.74 bits per heavy atom.